The lowest BCUT2D eigenvalue weighted by Gasteiger charge is -2.24. The quantitative estimate of drug-likeness (QED) is 0.633. The van der Waals surface area contributed by atoms with Gasteiger partial charge in [0.2, 0.25) is 0 Å². The average Bonchev–Trinajstić information content (AvgIpc) is 2.84. The SMILES string of the molecule is Cc1ccc([C@@H](C)N(C)c2ccc([N+](=O)[O-])cn2)s1. The Bertz CT molecular complexity index is 580. The third kappa shape index (κ3) is 2.90. The highest BCUT2D eigenvalue weighted by molar-refractivity contribution is 7.12. The molecule has 100 valence electrons. The number of nitrogens with zero attached hydrogens (tertiary/aromatic N) is 3. The van der Waals surface area contributed by atoms with Crippen molar-refractivity contribution in [2.24, 2.45) is 0 Å². The van der Waals surface area contributed by atoms with Gasteiger partial charge in [-0.2, -0.15) is 0 Å². The summed E-state index contributed by atoms with van der Waals surface area (Å²) in [5, 5.41) is 10.6. The number of hydrogen-bond acceptors (Lipinski definition) is 5. The van der Waals surface area contributed by atoms with Gasteiger partial charge in [-0.25, -0.2) is 4.98 Å². The first-order valence-electron chi connectivity index (χ1n) is 5.88. The Balaban J connectivity index is 2.19. The Morgan fingerprint density at radius 1 is 1.37 bits per heavy atom. The summed E-state index contributed by atoms with van der Waals surface area (Å²) in [6.45, 7) is 4.17. The van der Waals surface area contributed by atoms with E-state index in [1.807, 2.05) is 11.9 Å². The van der Waals surface area contributed by atoms with Crippen LogP contribution in [0.4, 0.5) is 11.5 Å². The van der Waals surface area contributed by atoms with Crippen LogP contribution >= 0.6 is 11.3 Å². The second-order valence-corrected chi connectivity index (χ2v) is 5.69. The van der Waals surface area contributed by atoms with Crippen LogP contribution in [0.5, 0.6) is 0 Å². The molecule has 2 aromatic heterocycles. The van der Waals surface area contributed by atoms with Gasteiger partial charge >= 0.3 is 0 Å². The van der Waals surface area contributed by atoms with E-state index in [4.69, 9.17) is 0 Å². The Morgan fingerprint density at radius 3 is 2.58 bits per heavy atom. The molecule has 0 fully saturated rings. The van der Waals surface area contributed by atoms with E-state index in [1.54, 1.807) is 17.4 Å². The van der Waals surface area contributed by atoms with Crippen molar-refractivity contribution in [3.63, 3.8) is 0 Å². The summed E-state index contributed by atoms with van der Waals surface area (Å²) < 4.78 is 0. The molecule has 5 nitrogen and oxygen atoms in total. The van der Waals surface area contributed by atoms with Gasteiger partial charge in [0.1, 0.15) is 12.0 Å². The highest BCUT2D eigenvalue weighted by Crippen LogP contribution is 2.29. The Labute approximate surface area is 115 Å². The third-order valence-corrected chi connectivity index (χ3v) is 4.23. The first-order chi connectivity index (χ1) is 8.99. The fourth-order valence-corrected chi connectivity index (χ4v) is 2.73. The Kier molecular flexibility index (Phi) is 3.80. The molecule has 0 aromatic carbocycles. The van der Waals surface area contributed by atoms with Crippen molar-refractivity contribution in [2.45, 2.75) is 19.9 Å². The van der Waals surface area contributed by atoms with Crippen molar-refractivity contribution in [3.05, 3.63) is 50.3 Å². The van der Waals surface area contributed by atoms with Crippen LogP contribution in [-0.2, 0) is 0 Å². The maximum atomic E-state index is 10.6. The van der Waals surface area contributed by atoms with Crippen molar-refractivity contribution >= 4 is 22.8 Å². The smallest absolute Gasteiger partial charge is 0.287 e. The standard InChI is InChI=1S/C13H15N3O2S/c1-9-4-6-12(19-9)10(2)15(3)13-7-5-11(8-14-13)16(17)18/h4-8,10H,1-3H3/t10-/m1/s1. The van der Waals surface area contributed by atoms with Crippen LogP contribution in [0, 0.1) is 17.0 Å². The van der Waals surface area contributed by atoms with Crippen LogP contribution in [0.15, 0.2) is 30.5 Å². The second-order valence-electron chi connectivity index (χ2n) is 4.37. The summed E-state index contributed by atoms with van der Waals surface area (Å²) in [6, 6.07) is 7.54. The normalized spacial score (nSPS) is 12.2. The molecule has 0 aliphatic rings. The molecule has 19 heavy (non-hydrogen) atoms. The van der Waals surface area contributed by atoms with Crippen molar-refractivity contribution in [2.75, 3.05) is 11.9 Å². The number of anilines is 1. The van der Waals surface area contributed by atoms with E-state index in [9.17, 15) is 10.1 Å². The molecule has 6 heteroatoms. The highest BCUT2D eigenvalue weighted by Gasteiger charge is 2.16. The predicted octanol–water partition coefficient (Wildman–Crippen LogP) is 3.56. The molecule has 1 atom stereocenters. The molecule has 2 aromatic rings. The van der Waals surface area contributed by atoms with Crippen molar-refractivity contribution in [3.8, 4) is 0 Å². The lowest BCUT2D eigenvalue weighted by atomic mass is 10.2. The Morgan fingerprint density at radius 2 is 2.11 bits per heavy atom. The van der Waals surface area contributed by atoms with Gasteiger partial charge < -0.3 is 4.90 Å². The van der Waals surface area contributed by atoms with Crippen LogP contribution in [0.2, 0.25) is 0 Å². The molecule has 0 bridgehead atoms. The zero-order valence-corrected chi connectivity index (χ0v) is 11.8. The summed E-state index contributed by atoms with van der Waals surface area (Å²) >= 11 is 1.75. The minimum atomic E-state index is -0.442. The molecule has 0 aliphatic heterocycles. The second kappa shape index (κ2) is 5.36. The highest BCUT2D eigenvalue weighted by atomic mass is 32.1. The lowest BCUT2D eigenvalue weighted by molar-refractivity contribution is -0.385. The van der Waals surface area contributed by atoms with Gasteiger partial charge in [-0.1, -0.05) is 0 Å². The number of nitro groups is 1. The van der Waals surface area contributed by atoms with Crippen LogP contribution in [0.25, 0.3) is 0 Å². The zero-order valence-electron chi connectivity index (χ0n) is 11.0. The summed E-state index contributed by atoms with van der Waals surface area (Å²) in [4.78, 5) is 18.8. The molecular weight excluding hydrogens is 262 g/mol. The lowest BCUT2D eigenvalue weighted by Crippen LogP contribution is -2.21. The van der Waals surface area contributed by atoms with Gasteiger partial charge in [0.05, 0.1) is 11.0 Å². The van der Waals surface area contributed by atoms with Crippen LogP contribution < -0.4 is 4.90 Å². The summed E-state index contributed by atoms with van der Waals surface area (Å²) in [5.41, 5.74) is 0.0109. The van der Waals surface area contributed by atoms with Gasteiger partial charge in [0.25, 0.3) is 5.69 Å². The molecule has 0 radical (unpaired) electrons. The van der Waals surface area contributed by atoms with Crippen molar-refractivity contribution in [1.82, 2.24) is 4.98 Å². The van der Waals surface area contributed by atoms with E-state index in [2.05, 4.69) is 31.0 Å². The van der Waals surface area contributed by atoms with E-state index >= 15 is 0 Å². The topological polar surface area (TPSA) is 59.3 Å². The first-order valence-corrected chi connectivity index (χ1v) is 6.70. The number of aryl methyl sites for hydroxylation is 1. The monoisotopic (exact) mass is 277 g/mol. The van der Waals surface area contributed by atoms with Crippen LogP contribution in [-0.4, -0.2) is 17.0 Å². The average molecular weight is 277 g/mol. The third-order valence-electron chi connectivity index (χ3n) is 3.06. The van der Waals surface area contributed by atoms with Gasteiger partial charge in [-0.15, -0.1) is 11.3 Å². The van der Waals surface area contributed by atoms with E-state index in [0.29, 0.717) is 0 Å². The zero-order chi connectivity index (χ0) is 14.0. The fraction of sp³-hybridized carbons (Fsp3) is 0.308. The molecule has 2 heterocycles. The number of hydrogen-bond donors (Lipinski definition) is 0. The van der Waals surface area contributed by atoms with Gasteiger partial charge in [0.15, 0.2) is 0 Å². The van der Waals surface area contributed by atoms with Crippen molar-refractivity contribution in [1.29, 1.82) is 0 Å². The number of thiophene rings is 1. The molecule has 0 N–H and O–H groups in total. The summed E-state index contributed by atoms with van der Waals surface area (Å²) in [6.07, 6.45) is 1.29. The maximum absolute atomic E-state index is 10.6. The summed E-state index contributed by atoms with van der Waals surface area (Å²) in [7, 11) is 1.94. The van der Waals surface area contributed by atoms with Crippen molar-refractivity contribution < 1.29 is 4.92 Å². The number of rotatable bonds is 4. The minimum Gasteiger partial charge on any atom is -0.352 e. The van der Waals surface area contributed by atoms with Gasteiger partial charge in [-0.05, 0) is 32.0 Å². The predicted molar refractivity (Wildman–Crippen MR) is 76.8 cm³/mol. The van der Waals surface area contributed by atoms with E-state index in [-0.39, 0.29) is 11.7 Å². The largest absolute Gasteiger partial charge is 0.352 e. The summed E-state index contributed by atoms with van der Waals surface area (Å²) in [5.74, 6) is 0.726. The van der Waals surface area contributed by atoms with Crippen LogP contribution in [0.1, 0.15) is 22.7 Å². The maximum Gasteiger partial charge on any atom is 0.287 e. The molecule has 0 aliphatic carbocycles. The van der Waals surface area contributed by atoms with E-state index < -0.39 is 4.92 Å². The molecule has 0 saturated heterocycles. The molecule has 0 saturated carbocycles. The van der Waals surface area contributed by atoms with E-state index in [0.717, 1.165) is 5.82 Å². The molecule has 2 rings (SSSR count). The number of pyridine rings is 1. The molecule has 0 unspecified atom stereocenters. The first kappa shape index (κ1) is 13.5. The number of aromatic nitrogens is 1. The minimum absolute atomic E-state index is 0.0109. The molecular formula is C13H15N3O2S. The fourth-order valence-electron chi connectivity index (χ4n) is 1.76. The van der Waals surface area contributed by atoms with Gasteiger partial charge in [0, 0.05) is 22.9 Å². The molecule has 0 amide bonds. The Hall–Kier alpha value is -1.95. The van der Waals surface area contributed by atoms with Crippen LogP contribution in [0.3, 0.4) is 0 Å². The van der Waals surface area contributed by atoms with E-state index in [1.165, 1.54) is 22.0 Å². The molecule has 0 spiro atoms. The van der Waals surface area contributed by atoms with Gasteiger partial charge in [-0.3, -0.25) is 10.1 Å².